The Morgan fingerprint density at radius 3 is 2.57 bits per heavy atom. The first-order valence-electron chi connectivity index (χ1n) is 6.91. The van der Waals surface area contributed by atoms with Crippen LogP contribution < -0.4 is 0 Å². The van der Waals surface area contributed by atoms with E-state index in [9.17, 15) is 4.79 Å². The van der Waals surface area contributed by atoms with E-state index in [1.54, 1.807) is 0 Å². The molecule has 0 aliphatic rings. The summed E-state index contributed by atoms with van der Waals surface area (Å²) in [6.07, 6.45) is 0.364. The minimum Gasteiger partial charge on any atom is -0.294 e. The number of allylic oxidation sites excluding steroid dienone is 1. The van der Waals surface area contributed by atoms with Crippen molar-refractivity contribution in [1.29, 1.82) is 0 Å². The molecule has 0 N–H and O–H groups in total. The Bertz CT molecular complexity index is 742. The van der Waals surface area contributed by atoms with Gasteiger partial charge in [0.2, 0.25) is 0 Å². The average molecular weight is 274 g/mol. The van der Waals surface area contributed by atoms with Gasteiger partial charge < -0.3 is 0 Å². The Labute approximate surface area is 126 Å². The highest BCUT2D eigenvalue weighted by atomic mass is 16.1. The van der Waals surface area contributed by atoms with E-state index < -0.39 is 0 Å². The van der Waals surface area contributed by atoms with Crippen molar-refractivity contribution in [2.45, 2.75) is 20.3 Å². The van der Waals surface area contributed by atoms with Gasteiger partial charge >= 0.3 is 0 Å². The minimum absolute atomic E-state index is 0.0663. The van der Waals surface area contributed by atoms with Crippen LogP contribution in [0.3, 0.4) is 0 Å². The predicted molar refractivity (Wildman–Crippen MR) is 87.4 cm³/mol. The van der Waals surface area contributed by atoms with Gasteiger partial charge in [0.15, 0.2) is 5.78 Å². The quantitative estimate of drug-likeness (QED) is 0.456. The summed E-state index contributed by atoms with van der Waals surface area (Å²) in [7, 11) is 0. The van der Waals surface area contributed by atoms with Gasteiger partial charge in [0, 0.05) is 23.1 Å². The molecule has 0 saturated heterocycles. The summed E-state index contributed by atoms with van der Waals surface area (Å²) in [5.74, 6) is 6.30. The Kier molecular flexibility index (Phi) is 4.74. The molecule has 0 bridgehead atoms. The van der Waals surface area contributed by atoms with Crippen LogP contribution >= 0.6 is 0 Å². The third-order valence-electron chi connectivity index (χ3n) is 3.05. The van der Waals surface area contributed by atoms with E-state index in [-0.39, 0.29) is 5.78 Å². The van der Waals surface area contributed by atoms with Crippen molar-refractivity contribution in [1.82, 2.24) is 0 Å². The van der Waals surface area contributed by atoms with Crippen molar-refractivity contribution in [2.24, 2.45) is 0 Å². The summed E-state index contributed by atoms with van der Waals surface area (Å²) >= 11 is 0. The van der Waals surface area contributed by atoms with Crippen molar-refractivity contribution in [2.75, 3.05) is 0 Å². The zero-order valence-corrected chi connectivity index (χ0v) is 12.4. The number of Topliss-reactive ketones (excluding diaryl/α,β-unsaturated/α-hetero) is 1. The Morgan fingerprint density at radius 2 is 1.86 bits per heavy atom. The number of ketones is 1. The molecule has 104 valence electrons. The number of rotatable bonds is 3. The summed E-state index contributed by atoms with van der Waals surface area (Å²) in [4.78, 5) is 12.2. The molecule has 0 fully saturated rings. The van der Waals surface area contributed by atoms with E-state index >= 15 is 0 Å². The fourth-order valence-electron chi connectivity index (χ4n) is 2.07. The number of carbonyl (C=O) groups is 1. The lowest BCUT2D eigenvalue weighted by Crippen LogP contribution is -2.02. The second-order valence-corrected chi connectivity index (χ2v) is 5.22. The van der Waals surface area contributed by atoms with Crippen LogP contribution in [0.1, 0.15) is 40.4 Å². The van der Waals surface area contributed by atoms with Crippen molar-refractivity contribution >= 4 is 5.78 Å². The number of hydrogen-bond acceptors (Lipinski definition) is 1. The second-order valence-electron chi connectivity index (χ2n) is 5.22. The number of benzene rings is 2. The first kappa shape index (κ1) is 14.8. The van der Waals surface area contributed by atoms with Gasteiger partial charge in [-0.05, 0) is 37.6 Å². The standard InChI is InChI=1S/C20H18O/c1-15(2)13-20(21)19-10-5-4-9-18(19)12-11-17-8-6-7-16(3)14-17/h4-10,14H,1,13H2,2-3H3. The van der Waals surface area contributed by atoms with Crippen LogP contribution in [0.5, 0.6) is 0 Å². The molecule has 2 aromatic carbocycles. The van der Waals surface area contributed by atoms with E-state index in [0.717, 1.165) is 16.7 Å². The zero-order chi connectivity index (χ0) is 15.2. The lowest BCUT2D eigenvalue weighted by molar-refractivity contribution is 0.0993. The van der Waals surface area contributed by atoms with E-state index in [2.05, 4.69) is 18.4 Å². The average Bonchev–Trinajstić information content (AvgIpc) is 2.45. The monoisotopic (exact) mass is 274 g/mol. The van der Waals surface area contributed by atoms with Gasteiger partial charge in [-0.1, -0.05) is 54.3 Å². The van der Waals surface area contributed by atoms with Crippen LogP contribution in [0.25, 0.3) is 0 Å². The molecule has 0 saturated carbocycles. The van der Waals surface area contributed by atoms with E-state index in [0.29, 0.717) is 12.0 Å². The Morgan fingerprint density at radius 1 is 1.10 bits per heavy atom. The lowest BCUT2D eigenvalue weighted by Gasteiger charge is -2.03. The van der Waals surface area contributed by atoms with Crippen molar-refractivity contribution in [3.8, 4) is 11.8 Å². The summed E-state index contributed by atoms with van der Waals surface area (Å²) in [6.45, 7) is 7.69. The predicted octanol–water partition coefficient (Wildman–Crippen LogP) is 4.54. The molecule has 2 rings (SSSR count). The summed E-state index contributed by atoms with van der Waals surface area (Å²) in [6, 6.07) is 15.5. The van der Waals surface area contributed by atoms with Crippen LogP contribution in [-0.2, 0) is 0 Å². The molecule has 0 amide bonds. The summed E-state index contributed by atoms with van der Waals surface area (Å²) in [5.41, 5.74) is 4.43. The molecular formula is C20H18O. The molecule has 0 atom stereocenters. The molecule has 21 heavy (non-hydrogen) atoms. The van der Waals surface area contributed by atoms with Crippen LogP contribution in [-0.4, -0.2) is 5.78 Å². The maximum absolute atomic E-state index is 12.2. The Balaban J connectivity index is 2.33. The maximum atomic E-state index is 12.2. The third-order valence-corrected chi connectivity index (χ3v) is 3.05. The van der Waals surface area contributed by atoms with Crippen molar-refractivity contribution < 1.29 is 4.79 Å². The smallest absolute Gasteiger partial charge is 0.168 e. The summed E-state index contributed by atoms with van der Waals surface area (Å²) in [5, 5.41) is 0. The summed E-state index contributed by atoms with van der Waals surface area (Å²) < 4.78 is 0. The van der Waals surface area contributed by atoms with Crippen LogP contribution in [0.2, 0.25) is 0 Å². The van der Waals surface area contributed by atoms with Gasteiger partial charge in [-0.3, -0.25) is 4.79 Å². The number of hydrogen-bond donors (Lipinski definition) is 0. The van der Waals surface area contributed by atoms with Gasteiger partial charge in [0.25, 0.3) is 0 Å². The van der Waals surface area contributed by atoms with Crippen LogP contribution in [0.15, 0.2) is 60.7 Å². The van der Waals surface area contributed by atoms with Crippen LogP contribution in [0.4, 0.5) is 0 Å². The molecule has 1 nitrogen and oxygen atoms in total. The molecule has 0 heterocycles. The van der Waals surface area contributed by atoms with E-state index in [4.69, 9.17) is 0 Å². The normalized spacial score (nSPS) is 9.62. The zero-order valence-electron chi connectivity index (χ0n) is 12.4. The first-order valence-corrected chi connectivity index (χ1v) is 6.91. The fraction of sp³-hybridized carbons (Fsp3) is 0.150. The van der Waals surface area contributed by atoms with E-state index in [1.807, 2.05) is 62.4 Å². The third kappa shape index (κ3) is 4.19. The van der Waals surface area contributed by atoms with Gasteiger partial charge in [0.1, 0.15) is 0 Å². The highest BCUT2D eigenvalue weighted by Crippen LogP contribution is 2.13. The molecule has 1 heteroatoms. The number of carbonyl (C=O) groups excluding carboxylic acids is 1. The highest BCUT2D eigenvalue weighted by molar-refractivity contribution is 5.99. The molecule has 0 aliphatic carbocycles. The fourth-order valence-corrected chi connectivity index (χ4v) is 2.07. The van der Waals surface area contributed by atoms with Crippen molar-refractivity contribution in [3.63, 3.8) is 0 Å². The van der Waals surface area contributed by atoms with Crippen LogP contribution in [0, 0.1) is 18.8 Å². The SMILES string of the molecule is C=C(C)CC(=O)c1ccccc1C#Cc1cccc(C)c1. The van der Waals surface area contributed by atoms with Gasteiger partial charge in [-0.15, -0.1) is 0 Å². The molecule has 0 aliphatic heterocycles. The minimum atomic E-state index is 0.0663. The Hall–Kier alpha value is -2.59. The molecule has 2 aromatic rings. The lowest BCUT2D eigenvalue weighted by atomic mass is 9.99. The van der Waals surface area contributed by atoms with Gasteiger partial charge in [-0.25, -0.2) is 0 Å². The van der Waals surface area contributed by atoms with Gasteiger partial charge in [-0.2, -0.15) is 0 Å². The van der Waals surface area contributed by atoms with Crippen molar-refractivity contribution in [3.05, 3.63) is 82.9 Å². The number of aryl methyl sites for hydroxylation is 1. The maximum Gasteiger partial charge on any atom is 0.168 e. The topological polar surface area (TPSA) is 17.1 Å². The largest absolute Gasteiger partial charge is 0.294 e. The molecule has 0 unspecified atom stereocenters. The molecule has 0 radical (unpaired) electrons. The first-order chi connectivity index (χ1) is 10.1. The van der Waals surface area contributed by atoms with Gasteiger partial charge in [0.05, 0.1) is 0 Å². The second kappa shape index (κ2) is 6.72. The highest BCUT2D eigenvalue weighted by Gasteiger charge is 2.09. The molecular weight excluding hydrogens is 256 g/mol. The molecule has 0 aromatic heterocycles. The van der Waals surface area contributed by atoms with E-state index in [1.165, 1.54) is 5.56 Å². The molecule has 0 spiro atoms.